The molecule has 1 atom stereocenters. The van der Waals surface area contributed by atoms with E-state index >= 15 is 0 Å². The maximum Gasteiger partial charge on any atom is 0.0522 e. The van der Waals surface area contributed by atoms with Crippen molar-refractivity contribution in [2.75, 3.05) is 0 Å². The molecular formula is C13H25N3. The molecule has 0 fully saturated rings. The molecule has 0 radical (unpaired) electrons. The molecule has 0 spiro atoms. The lowest BCUT2D eigenvalue weighted by Gasteiger charge is -2.05. The highest BCUT2D eigenvalue weighted by Crippen LogP contribution is 2.05. The predicted octanol–water partition coefficient (Wildman–Crippen LogP) is 2.74. The summed E-state index contributed by atoms with van der Waals surface area (Å²) in [6.45, 7) is 5.40. The Balaban J connectivity index is 2.28. The SMILES string of the molecule is CCCCCCn1cc(CC(N)CC)cn1. The lowest BCUT2D eigenvalue weighted by Crippen LogP contribution is -2.21. The Morgan fingerprint density at radius 3 is 2.81 bits per heavy atom. The average molecular weight is 223 g/mol. The molecule has 0 saturated heterocycles. The van der Waals surface area contributed by atoms with Gasteiger partial charge in [-0.3, -0.25) is 4.68 Å². The largest absolute Gasteiger partial charge is 0.327 e. The van der Waals surface area contributed by atoms with Gasteiger partial charge in [0, 0.05) is 18.8 Å². The van der Waals surface area contributed by atoms with Gasteiger partial charge in [-0.25, -0.2) is 0 Å². The van der Waals surface area contributed by atoms with Crippen LogP contribution in [0.3, 0.4) is 0 Å². The summed E-state index contributed by atoms with van der Waals surface area (Å²) in [5.41, 5.74) is 7.19. The number of nitrogens with two attached hydrogens (primary N) is 1. The van der Waals surface area contributed by atoms with Crippen LogP contribution in [0.15, 0.2) is 12.4 Å². The van der Waals surface area contributed by atoms with Crippen LogP contribution in [0.1, 0.15) is 51.5 Å². The third kappa shape index (κ3) is 4.79. The Labute approximate surface area is 99.0 Å². The van der Waals surface area contributed by atoms with Crippen LogP contribution >= 0.6 is 0 Å². The summed E-state index contributed by atoms with van der Waals surface area (Å²) in [6.07, 6.45) is 11.2. The van der Waals surface area contributed by atoms with Gasteiger partial charge in [0.05, 0.1) is 6.20 Å². The van der Waals surface area contributed by atoms with Gasteiger partial charge in [0.1, 0.15) is 0 Å². The molecule has 1 aromatic heterocycles. The first-order chi connectivity index (χ1) is 7.76. The second kappa shape index (κ2) is 7.44. The number of hydrogen-bond acceptors (Lipinski definition) is 2. The fourth-order valence-electron chi connectivity index (χ4n) is 1.78. The number of rotatable bonds is 8. The molecule has 1 unspecified atom stereocenters. The standard InChI is InChI=1S/C13H25N3/c1-3-5-6-7-8-16-11-12(10-15-16)9-13(14)4-2/h10-11,13H,3-9,14H2,1-2H3. The molecule has 3 heteroatoms. The Hall–Kier alpha value is -0.830. The number of hydrogen-bond donors (Lipinski definition) is 1. The maximum atomic E-state index is 5.92. The van der Waals surface area contributed by atoms with E-state index in [-0.39, 0.29) is 6.04 Å². The van der Waals surface area contributed by atoms with E-state index in [4.69, 9.17) is 5.73 Å². The van der Waals surface area contributed by atoms with Crippen LogP contribution in [-0.4, -0.2) is 15.8 Å². The quantitative estimate of drug-likeness (QED) is 0.689. The van der Waals surface area contributed by atoms with Gasteiger partial charge in [0.25, 0.3) is 0 Å². The topological polar surface area (TPSA) is 43.8 Å². The molecular weight excluding hydrogens is 198 g/mol. The molecule has 0 bridgehead atoms. The van der Waals surface area contributed by atoms with E-state index in [1.54, 1.807) is 0 Å². The van der Waals surface area contributed by atoms with Crippen molar-refractivity contribution in [3.05, 3.63) is 18.0 Å². The number of unbranched alkanes of at least 4 members (excludes halogenated alkanes) is 3. The molecule has 92 valence electrons. The van der Waals surface area contributed by atoms with E-state index in [1.165, 1.54) is 31.2 Å². The van der Waals surface area contributed by atoms with Gasteiger partial charge >= 0.3 is 0 Å². The number of nitrogens with zero attached hydrogens (tertiary/aromatic N) is 2. The Morgan fingerprint density at radius 1 is 1.31 bits per heavy atom. The van der Waals surface area contributed by atoms with Gasteiger partial charge in [-0.15, -0.1) is 0 Å². The van der Waals surface area contributed by atoms with E-state index < -0.39 is 0 Å². The Bertz CT molecular complexity index is 280. The van der Waals surface area contributed by atoms with Crippen molar-refractivity contribution in [1.29, 1.82) is 0 Å². The first kappa shape index (κ1) is 13.2. The van der Waals surface area contributed by atoms with Crippen LogP contribution in [-0.2, 0) is 13.0 Å². The summed E-state index contributed by atoms with van der Waals surface area (Å²) in [7, 11) is 0. The highest BCUT2D eigenvalue weighted by atomic mass is 15.3. The minimum Gasteiger partial charge on any atom is -0.327 e. The van der Waals surface area contributed by atoms with E-state index in [1.807, 2.05) is 10.9 Å². The van der Waals surface area contributed by atoms with Crippen molar-refractivity contribution in [3.8, 4) is 0 Å². The van der Waals surface area contributed by atoms with Gasteiger partial charge in [0.15, 0.2) is 0 Å². The third-order valence-electron chi connectivity index (χ3n) is 2.95. The van der Waals surface area contributed by atoms with Gasteiger partial charge < -0.3 is 5.73 Å². The van der Waals surface area contributed by atoms with Crippen LogP contribution in [0.5, 0.6) is 0 Å². The number of aromatic nitrogens is 2. The molecule has 0 aliphatic carbocycles. The molecule has 1 aromatic rings. The molecule has 0 aliphatic heterocycles. The zero-order chi connectivity index (χ0) is 11.8. The zero-order valence-corrected chi connectivity index (χ0v) is 10.7. The molecule has 3 nitrogen and oxygen atoms in total. The highest BCUT2D eigenvalue weighted by Gasteiger charge is 2.03. The summed E-state index contributed by atoms with van der Waals surface area (Å²) < 4.78 is 2.05. The molecule has 2 N–H and O–H groups in total. The minimum absolute atomic E-state index is 0.276. The highest BCUT2D eigenvalue weighted by molar-refractivity contribution is 5.05. The Morgan fingerprint density at radius 2 is 2.12 bits per heavy atom. The first-order valence-corrected chi connectivity index (χ1v) is 6.53. The fourth-order valence-corrected chi connectivity index (χ4v) is 1.78. The van der Waals surface area contributed by atoms with E-state index in [2.05, 4.69) is 25.1 Å². The third-order valence-corrected chi connectivity index (χ3v) is 2.95. The van der Waals surface area contributed by atoms with Gasteiger partial charge in [0.2, 0.25) is 0 Å². The van der Waals surface area contributed by atoms with Crippen molar-refractivity contribution in [1.82, 2.24) is 9.78 Å². The average Bonchev–Trinajstić information content (AvgIpc) is 2.72. The van der Waals surface area contributed by atoms with Crippen molar-refractivity contribution in [2.24, 2.45) is 5.73 Å². The van der Waals surface area contributed by atoms with E-state index in [9.17, 15) is 0 Å². The molecule has 1 heterocycles. The van der Waals surface area contributed by atoms with Crippen molar-refractivity contribution < 1.29 is 0 Å². The van der Waals surface area contributed by atoms with Crippen LogP contribution in [0, 0.1) is 0 Å². The van der Waals surface area contributed by atoms with Crippen molar-refractivity contribution in [3.63, 3.8) is 0 Å². The summed E-state index contributed by atoms with van der Waals surface area (Å²) in [4.78, 5) is 0. The van der Waals surface area contributed by atoms with Crippen LogP contribution in [0.2, 0.25) is 0 Å². The van der Waals surface area contributed by atoms with E-state index in [0.29, 0.717) is 0 Å². The molecule has 0 aromatic carbocycles. The fraction of sp³-hybridized carbons (Fsp3) is 0.769. The molecule has 0 saturated carbocycles. The molecule has 16 heavy (non-hydrogen) atoms. The molecule has 0 amide bonds. The van der Waals surface area contributed by atoms with Gasteiger partial charge in [-0.05, 0) is 24.8 Å². The molecule has 1 rings (SSSR count). The summed E-state index contributed by atoms with van der Waals surface area (Å²) in [5.74, 6) is 0. The van der Waals surface area contributed by atoms with Gasteiger partial charge in [-0.1, -0.05) is 33.1 Å². The van der Waals surface area contributed by atoms with Crippen molar-refractivity contribution >= 4 is 0 Å². The normalized spacial score (nSPS) is 12.9. The summed E-state index contributed by atoms with van der Waals surface area (Å²) in [6, 6.07) is 0.276. The lowest BCUT2D eigenvalue weighted by molar-refractivity contribution is 0.540. The summed E-state index contributed by atoms with van der Waals surface area (Å²) >= 11 is 0. The zero-order valence-electron chi connectivity index (χ0n) is 10.7. The summed E-state index contributed by atoms with van der Waals surface area (Å²) in [5, 5.41) is 4.36. The van der Waals surface area contributed by atoms with Gasteiger partial charge in [-0.2, -0.15) is 5.10 Å². The second-order valence-corrected chi connectivity index (χ2v) is 4.54. The molecule has 0 aliphatic rings. The number of aryl methyl sites for hydroxylation is 1. The first-order valence-electron chi connectivity index (χ1n) is 6.53. The van der Waals surface area contributed by atoms with Crippen LogP contribution in [0.4, 0.5) is 0 Å². The predicted molar refractivity (Wildman–Crippen MR) is 68.3 cm³/mol. The van der Waals surface area contributed by atoms with Crippen molar-refractivity contribution in [2.45, 2.75) is 65.0 Å². The van der Waals surface area contributed by atoms with Crippen LogP contribution in [0.25, 0.3) is 0 Å². The Kier molecular flexibility index (Phi) is 6.16. The monoisotopic (exact) mass is 223 g/mol. The second-order valence-electron chi connectivity index (χ2n) is 4.54. The van der Waals surface area contributed by atoms with Crippen LogP contribution < -0.4 is 5.73 Å². The van der Waals surface area contributed by atoms with E-state index in [0.717, 1.165) is 19.4 Å². The lowest BCUT2D eigenvalue weighted by atomic mass is 10.1. The maximum absolute atomic E-state index is 5.92. The minimum atomic E-state index is 0.276. The smallest absolute Gasteiger partial charge is 0.0522 e.